The first kappa shape index (κ1) is 9.42. The summed E-state index contributed by atoms with van der Waals surface area (Å²) in [7, 11) is 0. The summed E-state index contributed by atoms with van der Waals surface area (Å²) in [5.74, 6) is 3.40. The Morgan fingerprint density at radius 2 is 1.93 bits per heavy atom. The van der Waals surface area contributed by atoms with Crippen molar-refractivity contribution >= 4 is 5.69 Å². The van der Waals surface area contributed by atoms with Crippen LogP contribution in [0.2, 0.25) is 0 Å². The summed E-state index contributed by atoms with van der Waals surface area (Å²) < 4.78 is 5.25. The third-order valence-electron chi connectivity index (χ3n) is 2.08. The average molecular weight is 197 g/mol. The zero-order valence-corrected chi connectivity index (χ0v) is 8.18. The van der Waals surface area contributed by atoms with Crippen molar-refractivity contribution in [2.75, 3.05) is 5.32 Å². The molecule has 1 N–H and O–H groups in total. The molecule has 2 rings (SSSR count). The molecule has 15 heavy (non-hydrogen) atoms. The lowest BCUT2D eigenvalue weighted by molar-refractivity contribution is 0.506. The van der Waals surface area contributed by atoms with Crippen LogP contribution in [0.15, 0.2) is 53.1 Å². The third kappa shape index (κ3) is 2.21. The Morgan fingerprint density at radius 1 is 1.13 bits per heavy atom. The lowest BCUT2D eigenvalue weighted by Gasteiger charge is -2.11. The van der Waals surface area contributed by atoms with Crippen LogP contribution in [0.1, 0.15) is 11.8 Å². The molecule has 0 aliphatic rings. The Bertz CT molecular complexity index is 439. The summed E-state index contributed by atoms with van der Waals surface area (Å²) in [6.07, 6.45) is 7.06. The van der Waals surface area contributed by atoms with Crippen LogP contribution >= 0.6 is 0 Å². The highest BCUT2D eigenvalue weighted by atomic mass is 16.3. The molecule has 2 heteroatoms. The van der Waals surface area contributed by atoms with E-state index in [9.17, 15) is 0 Å². The molecule has 0 amide bonds. The van der Waals surface area contributed by atoms with Gasteiger partial charge in [-0.05, 0) is 24.3 Å². The lowest BCUT2D eigenvalue weighted by atomic mass is 10.2. The second-order valence-electron chi connectivity index (χ2n) is 3.13. The van der Waals surface area contributed by atoms with Crippen LogP contribution in [-0.2, 0) is 0 Å². The van der Waals surface area contributed by atoms with Crippen molar-refractivity contribution in [3.05, 3.63) is 54.5 Å². The van der Waals surface area contributed by atoms with Crippen LogP contribution in [0.4, 0.5) is 5.69 Å². The minimum atomic E-state index is -0.220. The largest absolute Gasteiger partial charge is 0.466 e. The number of anilines is 1. The fourth-order valence-corrected chi connectivity index (χ4v) is 1.35. The highest BCUT2D eigenvalue weighted by Gasteiger charge is 2.09. The van der Waals surface area contributed by atoms with Gasteiger partial charge in [-0.1, -0.05) is 24.1 Å². The smallest absolute Gasteiger partial charge is 0.146 e. The second-order valence-corrected chi connectivity index (χ2v) is 3.13. The topological polar surface area (TPSA) is 25.2 Å². The van der Waals surface area contributed by atoms with Gasteiger partial charge in [0, 0.05) is 5.69 Å². The summed E-state index contributed by atoms with van der Waals surface area (Å²) >= 11 is 0. The Balaban J connectivity index is 2.14. The molecule has 74 valence electrons. The van der Waals surface area contributed by atoms with Gasteiger partial charge in [0.1, 0.15) is 11.8 Å². The van der Waals surface area contributed by atoms with E-state index in [-0.39, 0.29) is 6.04 Å². The van der Waals surface area contributed by atoms with E-state index in [1.165, 1.54) is 0 Å². The van der Waals surface area contributed by atoms with Gasteiger partial charge in [0.2, 0.25) is 0 Å². The maximum absolute atomic E-state index is 5.44. The quantitative estimate of drug-likeness (QED) is 0.765. The molecule has 1 aromatic heterocycles. The Hall–Kier alpha value is -2.14. The number of terminal acetylenes is 1. The Kier molecular flexibility index (Phi) is 2.75. The minimum absolute atomic E-state index is 0.220. The normalized spacial score (nSPS) is 11.7. The molecule has 2 aromatic rings. The summed E-state index contributed by atoms with van der Waals surface area (Å²) in [5, 5.41) is 3.20. The predicted octanol–water partition coefficient (Wildman–Crippen LogP) is 3.07. The second kappa shape index (κ2) is 4.39. The Morgan fingerprint density at radius 3 is 2.53 bits per heavy atom. The zero-order valence-electron chi connectivity index (χ0n) is 8.18. The monoisotopic (exact) mass is 197 g/mol. The molecule has 0 radical (unpaired) electrons. The maximum Gasteiger partial charge on any atom is 0.146 e. The van der Waals surface area contributed by atoms with E-state index in [2.05, 4.69) is 11.2 Å². The fourth-order valence-electron chi connectivity index (χ4n) is 1.35. The molecule has 1 atom stereocenters. The number of nitrogens with one attached hydrogen (secondary N) is 1. The number of para-hydroxylation sites is 1. The third-order valence-corrected chi connectivity index (χ3v) is 2.08. The van der Waals surface area contributed by atoms with Gasteiger partial charge in [0.15, 0.2) is 0 Å². The molecule has 0 saturated heterocycles. The number of hydrogen-bond donors (Lipinski definition) is 1. The molecule has 0 aliphatic carbocycles. The minimum Gasteiger partial charge on any atom is -0.466 e. The van der Waals surface area contributed by atoms with Crippen LogP contribution in [0.3, 0.4) is 0 Å². The molecule has 0 bridgehead atoms. The summed E-state index contributed by atoms with van der Waals surface area (Å²) in [5.41, 5.74) is 0.983. The van der Waals surface area contributed by atoms with Crippen LogP contribution < -0.4 is 5.32 Å². The maximum atomic E-state index is 5.44. The van der Waals surface area contributed by atoms with Gasteiger partial charge in [0.05, 0.1) is 6.26 Å². The van der Waals surface area contributed by atoms with Gasteiger partial charge in [-0.3, -0.25) is 0 Å². The molecule has 0 fully saturated rings. The zero-order chi connectivity index (χ0) is 10.5. The van der Waals surface area contributed by atoms with E-state index in [1.807, 2.05) is 42.5 Å². The molecular formula is C13H11NO. The van der Waals surface area contributed by atoms with Crippen LogP contribution in [0, 0.1) is 12.3 Å². The number of benzene rings is 1. The summed E-state index contributed by atoms with van der Waals surface area (Å²) in [4.78, 5) is 0. The molecule has 1 heterocycles. The van der Waals surface area contributed by atoms with Crippen molar-refractivity contribution in [1.29, 1.82) is 0 Å². The van der Waals surface area contributed by atoms with Crippen molar-refractivity contribution in [3.63, 3.8) is 0 Å². The van der Waals surface area contributed by atoms with Crippen molar-refractivity contribution in [2.45, 2.75) is 6.04 Å². The first-order chi connectivity index (χ1) is 7.40. The van der Waals surface area contributed by atoms with Gasteiger partial charge >= 0.3 is 0 Å². The standard InChI is InChI=1S/C13H11NO/c1-2-12(13-9-6-10-15-13)14-11-7-4-3-5-8-11/h1,3-10,12,14H. The molecule has 1 unspecified atom stereocenters. The molecule has 0 aliphatic heterocycles. The number of hydrogen-bond acceptors (Lipinski definition) is 2. The first-order valence-corrected chi connectivity index (χ1v) is 4.71. The van der Waals surface area contributed by atoms with Crippen molar-refractivity contribution < 1.29 is 4.42 Å². The SMILES string of the molecule is C#CC(Nc1ccccc1)c1ccco1. The summed E-state index contributed by atoms with van der Waals surface area (Å²) in [6.45, 7) is 0. The number of furan rings is 1. The van der Waals surface area contributed by atoms with Crippen molar-refractivity contribution in [1.82, 2.24) is 0 Å². The van der Waals surface area contributed by atoms with Gasteiger partial charge in [-0.25, -0.2) is 0 Å². The number of rotatable bonds is 3. The summed E-state index contributed by atoms with van der Waals surface area (Å²) in [6, 6.07) is 13.3. The van der Waals surface area contributed by atoms with Gasteiger partial charge in [-0.15, -0.1) is 6.42 Å². The average Bonchev–Trinajstić information content (AvgIpc) is 2.81. The Labute approximate surface area is 88.9 Å². The highest BCUT2D eigenvalue weighted by Crippen LogP contribution is 2.18. The molecule has 2 nitrogen and oxygen atoms in total. The predicted molar refractivity (Wildman–Crippen MR) is 60.3 cm³/mol. The highest BCUT2D eigenvalue weighted by molar-refractivity contribution is 5.46. The molecule has 0 spiro atoms. The van der Waals surface area contributed by atoms with Crippen LogP contribution in [0.5, 0.6) is 0 Å². The van der Waals surface area contributed by atoms with E-state index in [0.29, 0.717) is 0 Å². The fraction of sp³-hybridized carbons (Fsp3) is 0.0769. The van der Waals surface area contributed by atoms with E-state index in [0.717, 1.165) is 11.4 Å². The van der Waals surface area contributed by atoms with E-state index >= 15 is 0 Å². The van der Waals surface area contributed by atoms with Crippen molar-refractivity contribution in [2.24, 2.45) is 0 Å². The van der Waals surface area contributed by atoms with E-state index < -0.39 is 0 Å². The lowest BCUT2D eigenvalue weighted by Crippen LogP contribution is -2.07. The molecular weight excluding hydrogens is 186 g/mol. The van der Waals surface area contributed by atoms with Crippen LogP contribution in [-0.4, -0.2) is 0 Å². The first-order valence-electron chi connectivity index (χ1n) is 4.71. The van der Waals surface area contributed by atoms with Crippen molar-refractivity contribution in [3.8, 4) is 12.3 Å². The van der Waals surface area contributed by atoms with Crippen LogP contribution in [0.25, 0.3) is 0 Å². The molecule has 0 saturated carbocycles. The van der Waals surface area contributed by atoms with E-state index in [1.54, 1.807) is 6.26 Å². The van der Waals surface area contributed by atoms with Gasteiger partial charge in [0.25, 0.3) is 0 Å². The van der Waals surface area contributed by atoms with Gasteiger partial charge in [-0.2, -0.15) is 0 Å². The van der Waals surface area contributed by atoms with Gasteiger partial charge < -0.3 is 9.73 Å². The van der Waals surface area contributed by atoms with E-state index in [4.69, 9.17) is 10.8 Å². The molecule has 1 aromatic carbocycles.